The Labute approximate surface area is 140 Å². The number of nitrogens with two attached hydrogens (primary N) is 1. The van der Waals surface area contributed by atoms with Crippen molar-refractivity contribution in [2.45, 2.75) is 45.6 Å². The predicted octanol–water partition coefficient (Wildman–Crippen LogP) is 0.120. The number of rotatable bonds is 10. The molecule has 132 valence electrons. The Kier molecular flexibility index (Phi) is 7.60. The first kappa shape index (κ1) is 19.3. The van der Waals surface area contributed by atoms with Crippen LogP contribution >= 0.6 is 0 Å². The van der Waals surface area contributed by atoms with Gasteiger partial charge in [0, 0.05) is 30.8 Å². The Morgan fingerprint density at radius 1 is 1.21 bits per heavy atom. The molecule has 1 aromatic rings. The highest BCUT2D eigenvalue weighted by Gasteiger charge is 2.20. The molecule has 0 aliphatic carbocycles. The molecule has 0 aliphatic heterocycles. The van der Waals surface area contributed by atoms with Gasteiger partial charge in [0.05, 0.1) is 0 Å². The molecule has 0 spiro atoms. The molecule has 1 unspecified atom stereocenters. The van der Waals surface area contributed by atoms with E-state index in [2.05, 4.69) is 20.6 Å². The van der Waals surface area contributed by atoms with Crippen LogP contribution in [-0.2, 0) is 14.4 Å². The summed E-state index contributed by atoms with van der Waals surface area (Å²) in [5, 5.41) is 14.4. The third-order valence-electron chi connectivity index (χ3n) is 3.16. The van der Waals surface area contributed by atoms with Gasteiger partial charge in [-0.3, -0.25) is 9.59 Å². The summed E-state index contributed by atoms with van der Waals surface area (Å²) in [7, 11) is 0. The first-order valence-electron chi connectivity index (χ1n) is 7.64. The number of aromatic nitrogens is 2. The van der Waals surface area contributed by atoms with Crippen molar-refractivity contribution in [3.8, 4) is 0 Å². The van der Waals surface area contributed by atoms with E-state index >= 15 is 0 Å². The van der Waals surface area contributed by atoms with E-state index in [0.717, 1.165) is 11.4 Å². The molecule has 9 nitrogen and oxygen atoms in total. The van der Waals surface area contributed by atoms with Gasteiger partial charge in [-0.05, 0) is 32.8 Å². The van der Waals surface area contributed by atoms with Crippen molar-refractivity contribution in [3.05, 3.63) is 17.5 Å². The van der Waals surface area contributed by atoms with Crippen molar-refractivity contribution in [2.24, 2.45) is 5.73 Å². The number of carbonyl (C=O) groups is 3. The lowest BCUT2D eigenvalue weighted by atomic mass is 10.1. The number of amides is 2. The molecular weight excluding hydrogens is 314 g/mol. The highest BCUT2D eigenvalue weighted by atomic mass is 16.4. The van der Waals surface area contributed by atoms with Crippen LogP contribution in [0.5, 0.6) is 0 Å². The minimum atomic E-state index is -1.19. The second-order valence-electron chi connectivity index (χ2n) is 5.47. The number of nitrogens with one attached hydrogen (secondary N) is 2. The average molecular weight is 337 g/mol. The number of aliphatic carboxylic acids is 1. The van der Waals surface area contributed by atoms with Crippen molar-refractivity contribution in [3.63, 3.8) is 0 Å². The molecule has 1 heterocycles. The lowest BCUT2D eigenvalue weighted by Gasteiger charge is -2.13. The number of anilines is 1. The quantitative estimate of drug-likeness (QED) is 0.443. The zero-order valence-corrected chi connectivity index (χ0v) is 13.8. The van der Waals surface area contributed by atoms with Gasteiger partial charge in [0.25, 0.3) is 0 Å². The van der Waals surface area contributed by atoms with Crippen LogP contribution < -0.4 is 16.4 Å². The first-order valence-corrected chi connectivity index (χ1v) is 7.64. The molecule has 0 bridgehead atoms. The van der Waals surface area contributed by atoms with Crippen LogP contribution in [0.4, 0.5) is 5.95 Å². The normalized spacial score (nSPS) is 11.6. The van der Waals surface area contributed by atoms with Gasteiger partial charge < -0.3 is 21.5 Å². The summed E-state index contributed by atoms with van der Waals surface area (Å²) in [6.07, 6.45) is 0.524. The van der Waals surface area contributed by atoms with E-state index in [1.165, 1.54) is 0 Å². The molecule has 2 amide bonds. The minimum Gasteiger partial charge on any atom is -0.480 e. The smallest absolute Gasteiger partial charge is 0.326 e. The van der Waals surface area contributed by atoms with Gasteiger partial charge in [0.1, 0.15) is 6.04 Å². The molecule has 0 aromatic carbocycles. The topological polar surface area (TPSA) is 147 Å². The number of carboxylic acids is 1. The Balaban J connectivity index is 2.34. The number of carboxylic acid groups (broad SMARTS) is 1. The van der Waals surface area contributed by atoms with Crippen molar-refractivity contribution < 1.29 is 19.5 Å². The van der Waals surface area contributed by atoms with E-state index in [4.69, 9.17) is 10.8 Å². The van der Waals surface area contributed by atoms with E-state index in [1.54, 1.807) is 0 Å². The minimum absolute atomic E-state index is 0.0228. The lowest BCUT2D eigenvalue weighted by molar-refractivity contribution is -0.142. The molecule has 0 fully saturated rings. The molecule has 9 heteroatoms. The van der Waals surface area contributed by atoms with E-state index < -0.39 is 23.8 Å². The summed E-state index contributed by atoms with van der Waals surface area (Å²) in [5.41, 5.74) is 6.68. The fourth-order valence-corrected chi connectivity index (χ4v) is 2.06. The maximum Gasteiger partial charge on any atom is 0.326 e. The van der Waals surface area contributed by atoms with Crippen LogP contribution in [-0.4, -0.2) is 45.4 Å². The zero-order chi connectivity index (χ0) is 18.1. The highest BCUT2D eigenvalue weighted by molar-refractivity contribution is 5.84. The molecule has 5 N–H and O–H groups in total. The Morgan fingerprint density at radius 3 is 2.38 bits per heavy atom. The summed E-state index contributed by atoms with van der Waals surface area (Å²) >= 11 is 0. The third-order valence-corrected chi connectivity index (χ3v) is 3.16. The van der Waals surface area contributed by atoms with Crippen molar-refractivity contribution >= 4 is 23.7 Å². The molecule has 0 saturated heterocycles. The van der Waals surface area contributed by atoms with Crippen molar-refractivity contribution in [1.82, 2.24) is 15.3 Å². The SMILES string of the molecule is Cc1cc(C)nc(NCCCC(=O)NC(CCC(N)=O)C(=O)O)n1. The molecule has 1 rings (SSSR count). The van der Waals surface area contributed by atoms with E-state index in [0.29, 0.717) is 18.9 Å². The predicted molar refractivity (Wildman–Crippen MR) is 87.2 cm³/mol. The van der Waals surface area contributed by atoms with Crippen LogP contribution in [0.1, 0.15) is 37.1 Å². The summed E-state index contributed by atoms with van der Waals surface area (Å²) in [4.78, 5) is 41.9. The van der Waals surface area contributed by atoms with Crippen LogP contribution in [0.3, 0.4) is 0 Å². The third kappa shape index (κ3) is 7.52. The molecule has 0 saturated carbocycles. The molecule has 1 aromatic heterocycles. The largest absolute Gasteiger partial charge is 0.480 e. The fraction of sp³-hybridized carbons (Fsp3) is 0.533. The monoisotopic (exact) mass is 337 g/mol. The molecule has 0 radical (unpaired) electrons. The van der Waals surface area contributed by atoms with Crippen LogP contribution in [0.15, 0.2) is 6.07 Å². The van der Waals surface area contributed by atoms with Gasteiger partial charge in [-0.2, -0.15) is 0 Å². The summed E-state index contributed by atoms with van der Waals surface area (Å²) in [5.74, 6) is -1.69. The maximum absolute atomic E-state index is 11.8. The molecular formula is C15H23N5O4. The molecule has 1 atom stereocenters. The second kappa shape index (κ2) is 9.43. The number of hydrogen-bond acceptors (Lipinski definition) is 6. The number of carbonyl (C=O) groups excluding carboxylic acids is 2. The van der Waals surface area contributed by atoms with Crippen molar-refractivity contribution in [2.75, 3.05) is 11.9 Å². The van der Waals surface area contributed by atoms with Gasteiger partial charge in [0.15, 0.2) is 0 Å². The molecule has 24 heavy (non-hydrogen) atoms. The zero-order valence-electron chi connectivity index (χ0n) is 13.8. The van der Waals surface area contributed by atoms with Gasteiger partial charge >= 0.3 is 5.97 Å². The summed E-state index contributed by atoms with van der Waals surface area (Å²) < 4.78 is 0. The van der Waals surface area contributed by atoms with E-state index in [9.17, 15) is 14.4 Å². The number of hydrogen-bond donors (Lipinski definition) is 4. The van der Waals surface area contributed by atoms with Crippen LogP contribution in [0, 0.1) is 13.8 Å². The van der Waals surface area contributed by atoms with Gasteiger partial charge in [0.2, 0.25) is 17.8 Å². The summed E-state index contributed by atoms with van der Waals surface area (Å²) in [6, 6.07) is 0.747. The van der Waals surface area contributed by atoms with Gasteiger partial charge in [-0.25, -0.2) is 14.8 Å². The molecule has 0 aliphatic rings. The van der Waals surface area contributed by atoms with E-state index in [-0.39, 0.29) is 19.3 Å². The Hall–Kier alpha value is -2.71. The Morgan fingerprint density at radius 2 is 1.83 bits per heavy atom. The average Bonchev–Trinajstić information content (AvgIpc) is 2.46. The van der Waals surface area contributed by atoms with Gasteiger partial charge in [-0.15, -0.1) is 0 Å². The number of aryl methyl sites for hydroxylation is 2. The second-order valence-corrected chi connectivity index (χ2v) is 5.47. The van der Waals surface area contributed by atoms with Gasteiger partial charge in [-0.1, -0.05) is 0 Å². The van der Waals surface area contributed by atoms with Crippen LogP contribution in [0.25, 0.3) is 0 Å². The fourth-order valence-electron chi connectivity index (χ4n) is 2.06. The van der Waals surface area contributed by atoms with E-state index in [1.807, 2.05) is 19.9 Å². The highest BCUT2D eigenvalue weighted by Crippen LogP contribution is 2.04. The first-order chi connectivity index (χ1) is 11.3. The van der Waals surface area contributed by atoms with Crippen LogP contribution in [0.2, 0.25) is 0 Å². The standard InChI is InChI=1S/C15H23N5O4/c1-9-8-10(2)19-15(18-9)17-7-3-4-13(22)20-11(14(23)24)5-6-12(16)21/h8,11H,3-7H2,1-2H3,(H2,16,21)(H,20,22)(H,23,24)(H,17,18,19). The lowest BCUT2D eigenvalue weighted by Crippen LogP contribution is -2.41. The number of nitrogens with zero attached hydrogens (tertiary/aromatic N) is 2. The summed E-state index contributed by atoms with van der Waals surface area (Å²) in [6.45, 7) is 4.21. The Bertz CT molecular complexity index is 585. The van der Waals surface area contributed by atoms with Crippen molar-refractivity contribution in [1.29, 1.82) is 0 Å². The maximum atomic E-state index is 11.8. The number of primary amides is 1.